The minimum Gasteiger partial charge on any atom is -0.458 e. The van der Waals surface area contributed by atoms with E-state index in [0.717, 1.165) is 83.9 Å². The molecule has 49 heavy (non-hydrogen) atoms. The molecule has 0 saturated carbocycles. The van der Waals surface area contributed by atoms with Crippen molar-refractivity contribution in [2.45, 2.75) is 13.8 Å². The second-order valence-corrected chi connectivity index (χ2v) is 13.1. The van der Waals surface area contributed by atoms with Gasteiger partial charge in [0.15, 0.2) is 5.75 Å². The Morgan fingerprint density at radius 3 is 1.73 bits per heavy atom. The summed E-state index contributed by atoms with van der Waals surface area (Å²) in [6, 6.07) is 54.0. The minimum atomic E-state index is 0.000614. The molecule has 0 unspecified atom stereocenters. The van der Waals surface area contributed by atoms with Gasteiger partial charge >= 0.3 is 0 Å². The van der Waals surface area contributed by atoms with Crippen molar-refractivity contribution in [3.63, 3.8) is 0 Å². The van der Waals surface area contributed by atoms with E-state index in [1.54, 1.807) is 0 Å². The van der Waals surface area contributed by atoms with Gasteiger partial charge in [0.25, 0.3) is 6.71 Å². The molecule has 0 aliphatic carbocycles. The number of rotatable bonds is 4. The number of anilines is 3. The molecule has 2 aliphatic heterocycles. The van der Waals surface area contributed by atoms with Crippen molar-refractivity contribution in [3.05, 3.63) is 163 Å². The number of benzene rings is 7. The molecule has 0 fully saturated rings. The summed E-state index contributed by atoms with van der Waals surface area (Å²) >= 11 is 0. The van der Waals surface area contributed by atoms with E-state index in [1.807, 2.05) is 6.07 Å². The highest BCUT2D eigenvalue weighted by Gasteiger charge is 2.41. The average molecular weight is 631 g/mol. The second kappa shape index (κ2) is 10.7. The maximum Gasteiger partial charge on any atom is 0.260 e. The lowest BCUT2D eigenvalue weighted by atomic mass is 9.35. The Bertz CT molecular complexity index is 2520. The smallest absolute Gasteiger partial charge is 0.260 e. The normalized spacial score (nSPS) is 12.6. The highest BCUT2D eigenvalue weighted by Crippen LogP contribution is 2.46. The van der Waals surface area contributed by atoms with Crippen LogP contribution in [-0.2, 0) is 0 Å². The summed E-state index contributed by atoms with van der Waals surface area (Å²) < 4.78 is 16.1. The van der Waals surface area contributed by atoms with E-state index >= 15 is 0 Å². The first-order valence-electron chi connectivity index (χ1n) is 16.8. The molecule has 5 heteroatoms. The van der Waals surface area contributed by atoms with Crippen LogP contribution in [0.5, 0.6) is 23.0 Å². The summed E-state index contributed by atoms with van der Waals surface area (Å²) in [4.78, 5) is 2.34. The summed E-state index contributed by atoms with van der Waals surface area (Å²) in [6.07, 6.45) is 0. The van der Waals surface area contributed by atoms with E-state index in [2.05, 4.69) is 169 Å². The Morgan fingerprint density at radius 1 is 0.510 bits per heavy atom. The quantitative estimate of drug-likeness (QED) is 0.181. The molecule has 0 atom stereocenters. The maximum absolute atomic E-state index is 6.97. The first kappa shape index (κ1) is 27.9. The van der Waals surface area contributed by atoms with Crippen LogP contribution in [0.3, 0.4) is 0 Å². The van der Waals surface area contributed by atoms with Crippen molar-refractivity contribution < 1.29 is 9.47 Å². The third-order valence-electron chi connectivity index (χ3n) is 10.0. The molecule has 232 valence electrons. The molecule has 10 rings (SSSR count). The van der Waals surface area contributed by atoms with Crippen molar-refractivity contribution in [1.82, 2.24) is 4.57 Å². The first-order valence-corrected chi connectivity index (χ1v) is 16.8. The Hall–Kier alpha value is -6.20. The van der Waals surface area contributed by atoms with Crippen molar-refractivity contribution in [2.75, 3.05) is 4.90 Å². The molecule has 0 saturated heterocycles. The average Bonchev–Trinajstić information content (AvgIpc) is 3.47. The molecule has 8 aromatic rings. The molecule has 0 amide bonds. The molecule has 0 bridgehead atoms. The molecule has 2 aliphatic rings. The fraction of sp³-hybridized carbons (Fsp3) is 0.0455. The van der Waals surface area contributed by atoms with Gasteiger partial charge in [0.05, 0.1) is 11.0 Å². The van der Waals surface area contributed by atoms with Crippen LogP contribution < -0.4 is 30.8 Å². The zero-order chi connectivity index (χ0) is 32.6. The summed E-state index contributed by atoms with van der Waals surface area (Å²) in [5.74, 6) is 3.47. The van der Waals surface area contributed by atoms with Gasteiger partial charge in [-0.05, 0) is 91.5 Å². The molecule has 7 aromatic carbocycles. The van der Waals surface area contributed by atoms with E-state index in [0.29, 0.717) is 0 Å². The maximum atomic E-state index is 6.97. The van der Waals surface area contributed by atoms with Gasteiger partial charge in [0.2, 0.25) is 0 Å². The summed E-state index contributed by atoms with van der Waals surface area (Å²) in [5.41, 5.74) is 12.3. The Morgan fingerprint density at radius 2 is 1.08 bits per heavy atom. The highest BCUT2D eigenvalue weighted by molar-refractivity contribution is 6.98. The van der Waals surface area contributed by atoms with Crippen LogP contribution in [0.15, 0.2) is 152 Å². The van der Waals surface area contributed by atoms with Gasteiger partial charge in [0, 0.05) is 39.0 Å². The molecule has 3 heterocycles. The zero-order valence-electron chi connectivity index (χ0n) is 27.2. The van der Waals surface area contributed by atoms with E-state index in [-0.39, 0.29) is 6.71 Å². The first-order chi connectivity index (χ1) is 24.1. The third-order valence-corrected chi connectivity index (χ3v) is 10.0. The lowest BCUT2D eigenvalue weighted by Gasteiger charge is -2.33. The van der Waals surface area contributed by atoms with Crippen LogP contribution in [0.25, 0.3) is 27.5 Å². The van der Waals surface area contributed by atoms with Crippen LogP contribution in [-0.4, -0.2) is 11.3 Å². The highest BCUT2D eigenvalue weighted by atomic mass is 16.5. The molecule has 4 nitrogen and oxygen atoms in total. The number of hydrogen-bond donors (Lipinski definition) is 0. The number of hydrogen-bond acceptors (Lipinski definition) is 3. The fourth-order valence-electron chi connectivity index (χ4n) is 7.73. The van der Waals surface area contributed by atoms with Crippen molar-refractivity contribution in [2.24, 2.45) is 0 Å². The van der Waals surface area contributed by atoms with E-state index < -0.39 is 0 Å². The van der Waals surface area contributed by atoms with Crippen LogP contribution in [0, 0.1) is 13.8 Å². The van der Waals surface area contributed by atoms with Crippen LogP contribution >= 0.6 is 0 Å². The molecule has 0 spiro atoms. The van der Waals surface area contributed by atoms with Gasteiger partial charge in [-0.15, -0.1) is 0 Å². The number of nitrogens with zero attached hydrogens (tertiary/aromatic N) is 2. The number of aromatic nitrogens is 1. The zero-order valence-corrected chi connectivity index (χ0v) is 27.2. The summed E-state index contributed by atoms with van der Waals surface area (Å²) in [5, 5.41) is 2.23. The number of para-hydroxylation sites is 3. The lowest BCUT2D eigenvalue weighted by molar-refractivity contribution is 0.467. The number of ether oxygens (including phenoxy) is 2. The number of aryl methyl sites for hydroxylation is 2. The van der Waals surface area contributed by atoms with Crippen LogP contribution in [0.2, 0.25) is 0 Å². The van der Waals surface area contributed by atoms with E-state index in [4.69, 9.17) is 9.47 Å². The standard InChI is InChI=1S/C44H31BN2O2/c1-28-16-20-31(21-17-28)46(32-22-18-29(2)19-23-32)33-24-25-34-35-27-41-42-44(43(35)47(38(34)26-33)30-10-4-3-5-11-30)49-40-15-9-7-13-37(40)45(42)36-12-6-8-14-39(36)48-41/h3-27H,1-2H3. The van der Waals surface area contributed by atoms with Gasteiger partial charge in [-0.1, -0.05) is 96.1 Å². The van der Waals surface area contributed by atoms with Crippen molar-refractivity contribution >= 4 is 62.0 Å². The summed E-state index contributed by atoms with van der Waals surface area (Å²) in [6.45, 7) is 4.26. The largest absolute Gasteiger partial charge is 0.458 e. The van der Waals surface area contributed by atoms with Gasteiger partial charge in [-0.2, -0.15) is 0 Å². The fourth-order valence-corrected chi connectivity index (χ4v) is 7.73. The SMILES string of the molecule is Cc1ccc(N(c2ccc(C)cc2)c2ccc3c4cc5c6c(c4n(-c4ccccc4)c3c2)Oc2ccccc2B6c2ccccc2O5)cc1. The molecular weight excluding hydrogens is 599 g/mol. The van der Waals surface area contributed by atoms with Gasteiger partial charge in [0.1, 0.15) is 17.2 Å². The monoisotopic (exact) mass is 630 g/mol. The second-order valence-electron chi connectivity index (χ2n) is 13.1. The third kappa shape index (κ3) is 4.25. The Labute approximate surface area is 285 Å². The van der Waals surface area contributed by atoms with Gasteiger partial charge < -0.3 is 18.9 Å². The molecule has 1 aromatic heterocycles. The van der Waals surface area contributed by atoms with Gasteiger partial charge in [-0.3, -0.25) is 0 Å². The van der Waals surface area contributed by atoms with E-state index in [9.17, 15) is 0 Å². The summed E-state index contributed by atoms with van der Waals surface area (Å²) in [7, 11) is 0. The van der Waals surface area contributed by atoms with Crippen molar-refractivity contribution in [1.29, 1.82) is 0 Å². The Balaban J connectivity index is 1.29. The predicted octanol–water partition coefficient (Wildman–Crippen LogP) is 9.60. The number of fused-ring (bicyclic) bond motifs is 8. The Kier molecular flexibility index (Phi) is 6.06. The topological polar surface area (TPSA) is 26.6 Å². The molecular formula is C44H31BN2O2. The predicted molar refractivity (Wildman–Crippen MR) is 203 cm³/mol. The van der Waals surface area contributed by atoms with Gasteiger partial charge in [-0.25, -0.2) is 0 Å². The minimum absolute atomic E-state index is 0.000614. The van der Waals surface area contributed by atoms with Crippen molar-refractivity contribution in [3.8, 4) is 28.7 Å². The lowest BCUT2D eigenvalue weighted by Crippen LogP contribution is -2.57. The van der Waals surface area contributed by atoms with Crippen LogP contribution in [0.4, 0.5) is 17.1 Å². The van der Waals surface area contributed by atoms with E-state index in [1.165, 1.54) is 11.1 Å². The van der Waals surface area contributed by atoms with Crippen LogP contribution in [0.1, 0.15) is 11.1 Å². The molecule has 0 radical (unpaired) electrons. The molecule has 0 N–H and O–H groups in total.